The maximum absolute atomic E-state index is 5.77. The number of pyridine rings is 1. The minimum Gasteiger partial charge on any atom is -0.454 e. The van der Waals surface area contributed by atoms with Gasteiger partial charge in [-0.2, -0.15) is 0 Å². The molecule has 0 aliphatic carbocycles. The number of anilines is 1. The minimum absolute atomic E-state index is 0.497. The highest BCUT2D eigenvalue weighted by Crippen LogP contribution is 2.34. The van der Waals surface area contributed by atoms with E-state index < -0.39 is 0 Å². The summed E-state index contributed by atoms with van der Waals surface area (Å²) >= 11 is 6.70. The highest BCUT2D eigenvalue weighted by atomic mass is 79.9. The fourth-order valence-corrected chi connectivity index (χ4v) is 1.86. The number of halogens is 2. The SMILES string of the molecule is Nc1cncc(Br)c1Oc1ccc(Br)cc1. The van der Waals surface area contributed by atoms with Crippen LogP contribution in [0.4, 0.5) is 5.69 Å². The lowest BCUT2D eigenvalue weighted by molar-refractivity contribution is 0.481. The first-order valence-corrected chi connectivity index (χ1v) is 6.08. The number of nitrogens with zero attached hydrogens (tertiary/aromatic N) is 1. The summed E-state index contributed by atoms with van der Waals surface area (Å²) in [5, 5.41) is 0. The van der Waals surface area contributed by atoms with E-state index in [1.165, 1.54) is 0 Å². The van der Waals surface area contributed by atoms with Crippen molar-refractivity contribution in [1.82, 2.24) is 4.98 Å². The standard InChI is InChI=1S/C11H8Br2N2O/c12-7-1-3-8(4-2-7)16-11-9(13)5-15-6-10(11)14/h1-6H,14H2. The third kappa shape index (κ3) is 2.54. The molecular formula is C11H8Br2N2O. The molecule has 0 unspecified atom stereocenters. The van der Waals surface area contributed by atoms with Crippen molar-refractivity contribution in [2.75, 3.05) is 5.73 Å². The zero-order chi connectivity index (χ0) is 11.5. The van der Waals surface area contributed by atoms with Crippen molar-refractivity contribution in [2.45, 2.75) is 0 Å². The van der Waals surface area contributed by atoms with Gasteiger partial charge >= 0.3 is 0 Å². The number of rotatable bonds is 2. The van der Waals surface area contributed by atoms with Gasteiger partial charge in [-0.25, -0.2) is 0 Å². The average molecular weight is 344 g/mol. The third-order valence-electron chi connectivity index (χ3n) is 1.91. The molecule has 2 aromatic rings. The van der Waals surface area contributed by atoms with Crippen LogP contribution in [0.15, 0.2) is 45.6 Å². The summed E-state index contributed by atoms with van der Waals surface area (Å²) in [6, 6.07) is 7.52. The first kappa shape index (κ1) is 11.4. The summed E-state index contributed by atoms with van der Waals surface area (Å²) in [7, 11) is 0. The monoisotopic (exact) mass is 342 g/mol. The molecule has 82 valence electrons. The number of hydrogen-bond acceptors (Lipinski definition) is 3. The molecule has 16 heavy (non-hydrogen) atoms. The van der Waals surface area contributed by atoms with E-state index in [0.717, 1.165) is 14.7 Å². The Morgan fingerprint density at radius 3 is 2.38 bits per heavy atom. The van der Waals surface area contributed by atoms with Gasteiger partial charge in [0.15, 0.2) is 5.75 Å². The van der Waals surface area contributed by atoms with Gasteiger partial charge in [0.2, 0.25) is 0 Å². The van der Waals surface area contributed by atoms with E-state index in [9.17, 15) is 0 Å². The van der Waals surface area contributed by atoms with Crippen molar-refractivity contribution >= 4 is 37.5 Å². The summed E-state index contributed by atoms with van der Waals surface area (Å²) in [6.45, 7) is 0. The second kappa shape index (κ2) is 4.84. The summed E-state index contributed by atoms with van der Waals surface area (Å²) < 4.78 is 7.40. The van der Waals surface area contributed by atoms with E-state index in [4.69, 9.17) is 10.5 Å². The summed E-state index contributed by atoms with van der Waals surface area (Å²) in [4.78, 5) is 3.94. The van der Waals surface area contributed by atoms with Gasteiger partial charge in [-0.15, -0.1) is 0 Å². The van der Waals surface area contributed by atoms with Crippen LogP contribution in [0.5, 0.6) is 11.5 Å². The fourth-order valence-electron chi connectivity index (χ4n) is 1.17. The van der Waals surface area contributed by atoms with Crippen LogP contribution in [-0.4, -0.2) is 4.98 Å². The number of ether oxygens (including phenoxy) is 1. The molecular weight excluding hydrogens is 336 g/mol. The molecule has 0 radical (unpaired) electrons. The normalized spacial score (nSPS) is 10.1. The second-order valence-electron chi connectivity index (χ2n) is 3.10. The van der Waals surface area contributed by atoms with Crippen molar-refractivity contribution in [2.24, 2.45) is 0 Å². The molecule has 5 heteroatoms. The lowest BCUT2D eigenvalue weighted by atomic mass is 10.3. The van der Waals surface area contributed by atoms with Crippen molar-refractivity contribution in [3.05, 3.63) is 45.6 Å². The van der Waals surface area contributed by atoms with Crippen LogP contribution in [0, 0.1) is 0 Å². The molecule has 1 heterocycles. The van der Waals surface area contributed by atoms with Gasteiger partial charge < -0.3 is 10.5 Å². The van der Waals surface area contributed by atoms with E-state index in [1.807, 2.05) is 24.3 Å². The fraction of sp³-hybridized carbons (Fsp3) is 0. The maximum Gasteiger partial charge on any atom is 0.167 e. The Bertz CT molecular complexity index is 480. The number of aromatic nitrogens is 1. The van der Waals surface area contributed by atoms with Crippen molar-refractivity contribution < 1.29 is 4.74 Å². The van der Waals surface area contributed by atoms with Crippen molar-refractivity contribution in [3.8, 4) is 11.5 Å². The summed E-state index contributed by atoms with van der Waals surface area (Å²) in [6.07, 6.45) is 3.20. The zero-order valence-corrected chi connectivity index (χ0v) is 11.3. The van der Waals surface area contributed by atoms with Crippen molar-refractivity contribution in [1.29, 1.82) is 0 Å². The van der Waals surface area contributed by atoms with Crippen LogP contribution >= 0.6 is 31.9 Å². The van der Waals surface area contributed by atoms with Crippen molar-refractivity contribution in [3.63, 3.8) is 0 Å². The van der Waals surface area contributed by atoms with E-state index in [-0.39, 0.29) is 0 Å². The van der Waals surface area contributed by atoms with Gasteiger partial charge in [0, 0.05) is 10.7 Å². The quantitative estimate of drug-likeness (QED) is 0.897. The zero-order valence-electron chi connectivity index (χ0n) is 8.15. The second-order valence-corrected chi connectivity index (χ2v) is 4.87. The first-order chi connectivity index (χ1) is 7.66. The molecule has 1 aromatic heterocycles. The molecule has 0 saturated heterocycles. The van der Waals surface area contributed by atoms with E-state index in [0.29, 0.717) is 11.4 Å². The van der Waals surface area contributed by atoms with Gasteiger partial charge in [0.1, 0.15) is 5.75 Å². The number of hydrogen-bond donors (Lipinski definition) is 1. The Balaban J connectivity index is 2.30. The summed E-state index contributed by atoms with van der Waals surface area (Å²) in [5.74, 6) is 1.30. The Morgan fingerprint density at radius 1 is 1.06 bits per heavy atom. The average Bonchev–Trinajstić information content (AvgIpc) is 2.26. The molecule has 0 aliphatic rings. The van der Waals surface area contributed by atoms with Gasteiger partial charge in [0.05, 0.1) is 16.4 Å². The molecule has 0 saturated carbocycles. The highest BCUT2D eigenvalue weighted by Gasteiger charge is 2.07. The minimum atomic E-state index is 0.497. The number of nitrogens with two attached hydrogens (primary N) is 1. The van der Waals surface area contributed by atoms with Crippen LogP contribution in [0.25, 0.3) is 0 Å². The van der Waals surface area contributed by atoms with E-state index >= 15 is 0 Å². The van der Waals surface area contributed by atoms with Gasteiger partial charge in [0.25, 0.3) is 0 Å². The lowest BCUT2D eigenvalue weighted by Crippen LogP contribution is -1.94. The molecule has 2 N–H and O–H groups in total. The molecule has 2 rings (SSSR count). The lowest BCUT2D eigenvalue weighted by Gasteiger charge is -2.09. The van der Waals surface area contributed by atoms with Gasteiger partial charge in [-0.05, 0) is 40.2 Å². The van der Waals surface area contributed by atoms with E-state index in [1.54, 1.807) is 12.4 Å². The molecule has 0 aliphatic heterocycles. The molecule has 0 fully saturated rings. The molecule has 1 aromatic carbocycles. The highest BCUT2D eigenvalue weighted by molar-refractivity contribution is 9.10. The molecule has 0 spiro atoms. The topological polar surface area (TPSA) is 48.1 Å². The Morgan fingerprint density at radius 2 is 1.75 bits per heavy atom. The van der Waals surface area contributed by atoms with E-state index in [2.05, 4.69) is 36.8 Å². The maximum atomic E-state index is 5.77. The predicted molar refractivity (Wildman–Crippen MR) is 70.6 cm³/mol. The molecule has 0 amide bonds. The van der Waals surface area contributed by atoms with Crippen LogP contribution in [-0.2, 0) is 0 Å². The largest absolute Gasteiger partial charge is 0.454 e. The molecule has 0 atom stereocenters. The first-order valence-electron chi connectivity index (χ1n) is 4.49. The Labute approximate surface area is 110 Å². The number of nitrogen functional groups attached to an aromatic ring is 1. The van der Waals surface area contributed by atoms with Crippen LogP contribution in [0.1, 0.15) is 0 Å². The number of benzene rings is 1. The Hall–Kier alpha value is -1.07. The summed E-state index contributed by atoms with van der Waals surface area (Å²) in [5.41, 5.74) is 6.27. The van der Waals surface area contributed by atoms with Crippen LogP contribution in [0.2, 0.25) is 0 Å². The third-order valence-corrected chi connectivity index (χ3v) is 3.01. The Kier molecular flexibility index (Phi) is 3.46. The smallest absolute Gasteiger partial charge is 0.167 e. The molecule has 3 nitrogen and oxygen atoms in total. The van der Waals surface area contributed by atoms with Gasteiger partial charge in [-0.1, -0.05) is 15.9 Å². The molecule has 0 bridgehead atoms. The predicted octanol–water partition coefficient (Wildman–Crippen LogP) is 3.98. The van der Waals surface area contributed by atoms with Crippen LogP contribution in [0.3, 0.4) is 0 Å². The van der Waals surface area contributed by atoms with Gasteiger partial charge in [-0.3, -0.25) is 4.98 Å². The van der Waals surface area contributed by atoms with Crippen LogP contribution < -0.4 is 10.5 Å².